The molecule has 0 atom stereocenters. The number of hydrogen-bond donors (Lipinski definition) is 0. The van der Waals surface area contributed by atoms with Crippen LogP contribution in [0.1, 0.15) is 90.2 Å². The van der Waals surface area contributed by atoms with E-state index >= 15 is 0 Å². The predicted molar refractivity (Wildman–Crippen MR) is 124 cm³/mol. The van der Waals surface area contributed by atoms with Gasteiger partial charge in [-0.25, -0.2) is 8.78 Å². The molecule has 3 fully saturated rings. The Morgan fingerprint density at radius 1 is 1.09 bits per heavy atom. The normalized spacial score (nSPS) is 26.9. The fourth-order valence-corrected chi connectivity index (χ4v) is 5.75. The van der Waals surface area contributed by atoms with Gasteiger partial charge in [0.05, 0.1) is 12.2 Å². The van der Waals surface area contributed by atoms with Gasteiger partial charge in [0.15, 0.2) is 0 Å². The van der Waals surface area contributed by atoms with Crippen LogP contribution in [-0.2, 0) is 13.1 Å². The molecule has 1 saturated heterocycles. The van der Waals surface area contributed by atoms with Gasteiger partial charge >= 0.3 is 0 Å². The molecule has 2 aliphatic heterocycles. The number of nitrogens with zero attached hydrogens (tertiary/aromatic N) is 3. The molecule has 1 amide bonds. The van der Waals surface area contributed by atoms with Gasteiger partial charge in [-0.3, -0.25) is 14.7 Å². The molecule has 6 rings (SSSR count). The highest BCUT2D eigenvalue weighted by Gasteiger charge is 2.38. The summed E-state index contributed by atoms with van der Waals surface area (Å²) < 4.78 is 27.1. The van der Waals surface area contributed by atoms with Crippen molar-refractivity contribution in [1.29, 1.82) is 0 Å². The average molecular weight is 452 g/mol. The lowest BCUT2D eigenvalue weighted by atomic mass is 9.72. The number of pyridine rings is 1. The Morgan fingerprint density at radius 2 is 1.85 bits per heavy atom. The number of aromatic nitrogens is 1. The maximum absolute atomic E-state index is 13.6. The zero-order chi connectivity index (χ0) is 22.7. The van der Waals surface area contributed by atoms with E-state index in [4.69, 9.17) is 4.98 Å². The van der Waals surface area contributed by atoms with Crippen LogP contribution in [0.2, 0.25) is 0 Å². The van der Waals surface area contributed by atoms with Crippen LogP contribution in [-0.4, -0.2) is 34.8 Å². The van der Waals surface area contributed by atoms with Crippen LogP contribution in [0.5, 0.6) is 0 Å². The fourth-order valence-electron chi connectivity index (χ4n) is 5.75. The molecule has 1 aromatic heterocycles. The highest BCUT2D eigenvalue weighted by Crippen LogP contribution is 2.45. The van der Waals surface area contributed by atoms with E-state index in [1.807, 2.05) is 21.9 Å². The summed E-state index contributed by atoms with van der Waals surface area (Å²) in [5.41, 5.74) is 6.02. The summed E-state index contributed by atoms with van der Waals surface area (Å²) in [6.45, 7) is 4.15. The molecule has 2 aliphatic carbocycles. The summed E-state index contributed by atoms with van der Waals surface area (Å²) in [4.78, 5) is 22.4. The van der Waals surface area contributed by atoms with E-state index in [0.29, 0.717) is 38.0 Å². The first-order valence-corrected chi connectivity index (χ1v) is 12.4. The van der Waals surface area contributed by atoms with E-state index in [9.17, 15) is 13.6 Å². The minimum Gasteiger partial charge on any atom is -0.304 e. The first kappa shape index (κ1) is 21.2. The maximum Gasteiger partial charge on any atom is 0.259 e. The number of piperidine rings is 1. The standard InChI is InChI=1S/C27H31F2N3O/c1-17-11-20(12-17)19-3-2-4-22(13-19)32-16-24-23(26(32)33)14-21(30-25(24)18-5-6-18)15-31-9-7-27(28,29)8-10-31/h2-4,13-14,17-18,20H,5-12,15-16H2,1H3. The number of benzene rings is 1. The van der Waals surface area contributed by atoms with Crippen LogP contribution in [0.25, 0.3) is 0 Å². The monoisotopic (exact) mass is 451 g/mol. The van der Waals surface area contributed by atoms with Crippen LogP contribution in [0, 0.1) is 5.92 Å². The van der Waals surface area contributed by atoms with E-state index in [-0.39, 0.29) is 18.7 Å². The third kappa shape index (κ3) is 4.07. The van der Waals surface area contributed by atoms with Crippen LogP contribution in [0.3, 0.4) is 0 Å². The van der Waals surface area contributed by atoms with Gasteiger partial charge in [0.1, 0.15) is 0 Å². The van der Waals surface area contributed by atoms with E-state index in [0.717, 1.165) is 47.0 Å². The van der Waals surface area contributed by atoms with Crippen molar-refractivity contribution in [3.63, 3.8) is 0 Å². The van der Waals surface area contributed by atoms with Crippen molar-refractivity contribution < 1.29 is 13.6 Å². The van der Waals surface area contributed by atoms with Crippen molar-refractivity contribution in [1.82, 2.24) is 9.88 Å². The zero-order valence-corrected chi connectivity index (χ0v) is 19.2. The average Bonchev–Trinajstić information content (AvgIpc) is 3.57. The van der Waals surface area contributed by atoms with Crippen molar-refractivity contribution in [3.05, 3.63) is 58.4 Å². The lowest BCUT2D eigenvalue weighted by Crippen LogP contribution is -2.39. The Kier molecular flexibility index (Phi) is 5.05. The maximum atomic E-state index is 13.6. The van der Waals surface area contributed by atoms with Crippen molar-refractivity contribution in [3.8, 4) is 0 Å². The number of alkyl halides is 2. The van der Waals surface area contributed by atoms with Gasteiger partial charge in [-0.05, 0) is 61.3 Å². The molecule has 0 N–H and O–H groups in total. The summed E-state index contributed by atoms with van der Waals surface area (Å²) in [5.74, 6) is -0.691. The van der Waals surface area contributed by atoms with Gasteiger partial charge in [0.25, 0.3) is 11.8 Å². The third-order valence-corrected chi connectivity index (χ3v) is 7.97. The summed E-state index contributed by atoms with van der Waals surface area (Å²) >= 11 is 0. The van der Waals surface area contributed by atoms with Gasteiger partial charge < -0.3 is 4.90 Å². The minimum absolute atomic E-state index is 0.0415. The van der Waals surface area contributed by atoms with E-state index < -0.39 is 5.92 Å². The molecule has 0 bridgehead atoms. The third-order valence-electron chi connectivity index (χ3n) is 7.97. The largest absolute Gasteiger partial charge is 0.304 e. The van der Waals surface area contributed by atoms with Gasteiger partial charge in [0.2, 0.25) is 0 Å². The molecular formula is C27H31F2N3O. The van der Waals surface area contributed by atoms with E-state index in [1.165, 1.54) is 18.4 Å². The van der Waals surface area contributed by atoms with Gasteiger partial charge in [-0.2, -0.15) is 0 Å². The molecular weight excluding hydrogens is 420 g/mol. The predicted octanol–water partition coefficient (Wildman–Crippen LogP) is 5.86. The number of carbonyl (C=O) groups is 1. The van der Waals surface area contributed by atoms with Crippen molar-refractivity contribution in [2.45, 2.75) is 76.3 Å². The molecule has 2 aromatic rings. The molecule has 0 radical (unpaired) electrons. The number of hydrogen-bond acceptors (Lipinski definition) is 3. The highest BCUT2D eigenvalue weighted by molar-refractivity contribution is 6.10. The van der Waals surface area contributed by atoms with Crippen molar-refractivity contribution in [2.75, 3.05) is 18.0 Å². The molecule has 0 spiro atoms. The number of anilines is 1. The quantitative estimate of drug-likeness (QED) is 0.571. The Morgan fingerprint density at radius 3 is 2.55 bits per heavy atom. The summed E-state index contributed by atoms with van der Waals surface area (Å²) in [5, 5.41) is 0. The number of fused-ring (bicyclic) bond motifs is 1. The smallest absolute Gasteiger partial charge is 0.259 e. The Hall–Kier alpha value is -2.34. The molecule has 6 heteroatoms. The number of carbonyl (C=O) groups excluding carboxylic acids is 1. The van der Waals surface area contributed by atoms with Gasteiger partial charge in [-0.1, -0.05) is 19.1 Å². The first-order valence-electron chi connectivity index (χ1n) is 12.4. The van der Waals surface area contributed by atoms with E-state index in [1.54, 1.807) is 0 Å². The summed E-state index contributed by atoms with van der Waals surface area (Å²) in [7, 11) is 0. The van der Waals surface area contributed by atoms with Crippen molar-refractivity contribution in [2.24, 2.45) is 5.92 Å². The second-order valence-corrected chi connectivity index (χ2v) is 10.7. The number of likely N-dealkylation sites (tertiary alicyclic amines) is 1. The summed E-state index contributed by atoms with van der Waals surface area (Å²) in [6, 6.07) is 10.4. The lowest BCUT2D eigenvalue weighted by Gasteiger charge is -2.33. The number of amides is 1. The molecule has 0 unspecified atom stereocenters. The van der Waals surface area contributed by atoms with Gasteiger partial charge in [0, 0.05) is 60.9 Å². The molecule has 2 saturated carbocycles. The van der Waals surface area contributed by atoms with E-state index in [2.05, 4.69) is 25.1 Å². The number of rotatable bonds is 5. The topological polar surface area (TPSA) is 36.4 Å². The Bertz CT molecular complexity index is 1080. The van der Waals surface area contributed by atoms with Gasteiger partial charge in [-0.15, -0.1) is 0 Å². The summed E-state index contributed by atoms with van der Waals surface area (Å²) in [6.07, 6.45) is 4.47. The van der Waals surface area contributed by atoms with Crippen LogP contribution >= 0.6 is 0 Å². The fraction of sp³-hybridized carbons (Fsp3) is 0.556. The molecule has 33 heavy (non-hydrogen) atoms. The van der Waals surface area contributed by atoms with Crippen molar-refractivity contribution >= 4 is 11.6 Å². The second kappa shape index (κ2) is 7.86. The molecule has 4 nitrogen and oxygen atoms in total. The molecule has 3 heterocycles. The Balaban J connectivity index is 1.26. The molecule has 4 aliphatic rings. The SMILES string of the molecule is CC1CC(c2cccc(N3Cc4c(cc(CN5CCC(F)(F)CC5)nc4C4CC4)C3=O)c2)C1. The minimum atomic E-state index is -2.55. The first-order chi connectivity index (χ1) is 15.9. The highest BCUT2D eigenvalue weighted by atomic mass is 19.3. The molecule has 1 aromatic carbocycles. The lowest BCUT2D eigenvalue weighted by molar-refractivity contribution is -0.0568. The van der Waals surface area contributed by atoms with Crippen LogP contribution in [0.4, 0.5) is 14.5 Å². The number of halogens is 2. The zero-order valence-electron chi connectivity index (χ0n) is 19.2. The van der Waals surface area contributed by atoms with Crippen LogP contribution in [0.15, 0.2) is 30.3 Å². The second-order valence-electron chi connectivity index (χ2n) is 10.7. The Labute approximate surface area is 194 Å². The molecule has 174 valence electrons. The van der Waals surface area contributed by atoms with Crippen LogP contribution < -0.4 is 4.90 Å².